The van der Waals surface area contributed by atoms with Crippen molar-refractivity contribution in [3.8, 4) is 27.9 Å². The molecule has 63 heavy (non-hydrogen) atoms. The van der Waals surface area contributed by atoms with Crippen LogP contribution in [0.1, 0.15) is 48.0 Å². The molecule has 1 aromatic heterocycles. The normalized spacial score (nSPS) is 17.3. The minimum absolute atomic E-state index is 0.135. The van der Waals surface area contributed by atoms with Gasteiger partial charge in [-0.3, -0.25) is 10.3 Å². The van der Waals surface area contributed by atoms with Crippen LogP contribution in [0.15, 0.2) is 223 Å². The molecular weight excluding hydrogens is 765 g/mol. The average Bonchev–Trinajstić information content (AvgIpc) is 3.88. The minimum atomic E-state index is -0.135. The van der Waals surface area contributed by atoms with Gasteiger partial charge in [-0.2, -0.15) is 0 Å². The molecule has 2 heterocycles. The van der Waals surface area contributed by atoms with Crippen molar-refractivity contribution in [2.24, 2.45) is 4.99 Å². The molecule has 11 rings (SSSR count). The van der Waals surface area contributed by atoms with E-state index in [0.717, 1.165) is 36.9 Å². The number of allylic oxidation sites excluding steroid dienone is 6. The number of hydrogen-bond donors (Lipinski definition) is 1. The molecule has 2 aliphatic carbocycles. The Hall–Kier alpha value is -7.27. The Labute approximate surface area is 370 Å². The van der Waals surface area contributed by atoms with Crippen LogP contribution in [0.3, 0.4) is 0 Å². The first-order valence-corrected chi connectivity index (χ1v) is 22.4. The van der Waals surface area contributed by atoms with Crippen LogP contribution in [0.4, 0.5) is 11.4 Å². The minimum Gasteiger partial charge on any atom is -0.333 e. The smallest absolute Gasteiger partial charge is 0.125 e. The monoisotopic (exact) mass is 814 g/mol. The quantitative estimate of drug-likeness (QED) is 0.132. The van der Waals surface area contributed by atoms with E-state index in [2.05, 4.69) is 227 Å². The maximum Gasteiger partial charge on any atom is 0.125 e. The standard InChI is InChI=1S/C59H50N4/c1-60-59(61-54(43-19-7-3-8-20-43)37-31-41-17-5-2-6-18-41)44-34-32-42(33-35-44)45-36-38-57-53(40-45)51-26-12-13-29-55(51)62(57)48-24-15-21-46(39-48)49-27-16-28-52-50-25-11-14-30-56(50)63(58(49)52)47-22-9-4-10-23-47/h2-7,9-19,21-30,32-36,38-40,50,56,59-60H,8,20,31,37H2,1H3. The molecule has 1 aliphatic heterocycles. The number of para-hydroxylation sites is 3. The van der Waals surface area contributed by atoms with E-state index in [0.29, 0.717) is 5.92 Å². The molecule has 0 bridgehead atoms. The number of fused-ring (bicyclic) bond motifs is 6. The average molecular weight is 815 g/mol. The van der Waals surface area contributed by atoms with E-state index in [1.54, 1.807) is 0 Å². The van der Waals surface area contributed by atoms with Crippen LogP contribution in [0.25, 0.3) is 49.7 Å². The van der Waals surface area contributed by atoms with Crippen molar-refractivity contribution in [2.75, 3.05) is 11.9 Å². The molecule has 0 radical (unpaired) electrons. The first-order chi connectivity index (χ1) is 31.2. The highest BCUT2D eigenvalue weighted by Crippen LogP contribution is 2.52. The number of aliphatic imine (C=N–C) groups is 1. The van der Waals surface area contributed by atoms with Crippen LogP contribution in [-0.2, 0) is 6.42 Å². The maximum atomic E-state index is 5.38. The summed E-state index contributed by atoms with van der Waals surface area (Å²) < 4.78 is 2.44. The van der Waals surface area contributed by atoms with Crippen LogP contribution < -0.4 is 10.2 Å². The topological polar surface area (TPSA) is 32.6 Å². The number of nitrogens with zero attached hydrogens (tertiary/aromatic N) is 3. The molecule has 4 nitrogen and oxygen atoms in total. The zero-order chi connectivity index (χ0) is 42.1. The number of anilines is 2. The Morgan fingerprint density at radius 3 is 2.22 bits per heavy atom. The summed E-state index contributed by atoms with van der Waals surface area (Å²) in [5.74, 6) is 0.305. The molecule has 306 valence electrons. The summed E-state index contributed by atoms with van der Waals surface area (Å²) in [7, 11) is 2.01. The molecule has 0 saturated heterocycles. The third-order valence-electron chi connectivity index (χ3n) is 13.2. The highest BCUT2D eigenvalue weighted by Gasteiger charge is 2.39. The van der Waals surface area contributed by atoms with Crippen molar-refractivity contribution in [1.29, 1.82) is 0 Å². The maximum absolute atomic E-state index is 5.38. The van der Waals surface area contributed by atoms with E-state index in [-0.39, 0.29) is 12.2 Å². The largest absolute Gasteiger partial charge is 0.333 e. The number of aromatic nitrogens is 1. The van der Waals surface area contributed by atoms with Gasteiger partial charge in [-0.15, -0.1) is 0 Å². The summed E-state index contributed by atoms with van der Waals surface area (Å²) in [4.78, 5) is 7.92. The van der Waals surface area contributed by atoms with E-state index < -0.39 is 0 Å². The second-order valence-corrected chi connectivity index (χ2v) is 16.9. The van der Waals surface area contributed by atoms with Gasteiger partial charge in [-0.1, -0.05) is 170 Å². The lowest BCUT2D eigenvalue weighted by atomic mass is 9.90. The number of rotatable bonds is 11. The zero-order valence-electron chi connectivity index (χ0n) is 35.6. The molecule has 7 aromatic carbocycles. The van der Waals surface area contributed by atoms with Crippen LogP contribution in [0, 0.1) is 0 Å². The molecule has 0 amide bonds. The third-order valence-corrected chi connectivity index (χ3v) is 13.2. The second-order valence-electron chi connectivity index (χ2n) is 16.9. The van der Waals surface area contributed by atoms with Gasteiger partial charge in [0, 0.05) is 39.3 Å². The molecular formula is C59H50N4. The van der Waals surface area contributed by atoms with E-state index >= 15 is 0 Å². The number of hydrogen-bond acceptors (Lipinski definition) is 3. The lowest BCUT2D eigenvalue weighted by molar-refractivity contribution is 0.622. The highest BCUT2D eigenvalue weighted by molar-refractivity contribution is 6.10. The van der Waals surface area contributed by atoms with Crippen molar-refractivity contribution in [3.63, 3.8) is 0 Å². The second kappa shape index (κ2) is 16.9. The van der Waals surface area contributed by atoms with Gasteiger partial charge in [-0.25, -0.2) is 0 Å². The molecule has 3 atom stereocenters. The van der Waals surface area contributed by atoms with E-state index in [1.165, 1.54) is 77.8 Å². The van der Waals surface area contributed by atoms with Crippen LogP contribution >= 0.6 is 0 Å². The van der Waals surface area contributed by atoms with E-state index in [9.17, 15) is 0 Å². The lowest BCUT2D eigenvalue weighted by Crippen LogP contribution is -2.28. The van der Waals surface area contributed by atoms with Crippen molar-refractivity contribution in [3.05, 3.63) is 235 Å². The van der Waals surface area contributed by atoms with Gasteiger partial charge in [0.2, 0.25) is 0 Å². The van der Waals surface area contributed by atoms with Crippen LogP contribution in [0.5, 0.6) is 0 Å². The van der Waals surface area contributed by atoms with Gasteiger partial charge in [-0.05, 0) is 114 Å². The van der Waals surface area contributed by atoms with Crippen molar-refractivity contribution in [2.45, 2.75) is 43.8 Å². The molecule has 3 unspecified atom stereocenters. The Morgan fingerprint density at radius 2 is 1.40 bits per heavy atom. The van der Waals surface area contributed by atoms with Crippen molar-refractivity contribution in [1.82, 2.24) is 9.88 Å². The summed E-state index contributed by atoms with van der Waals surface area (Å²) in [5, 5.41) is 6.00. The Morgan fingerprint density at radius 1 is 0.651 bits per heavy atom. The number of benzene rings is 7. The summed E-state index contributed by atoms with van der Waals surface area (Å²) >= 11 is 0. The van der Waals surface area contributed by atoms with Gasteiger partial charge >= 0.3 is 0 Å². The fourth-order valence-electron chi connectivity index (χ4n) is 10.1. The molecule has 8 aromatic rings. The van der Waals surface area contributed by atoms with Crippen molar-refractivity contribution >= 4 is 38.9 Å². The van der Waals surface area contributed by atoms with Gasteiger partial charge in [0.1, 0.15) is 6.17 Å². The molecule has 3 aliphatic rings. The lowest BCUT2D eigenvalue weighted by Gasteiger charge is -2.29. The highest BCUT2D eigenvalue weighted by atomic mass is 15.2. The van der Waals surface area contributed by atoms with E-state index in [1.807, 2.05) is 7.05 Å². The first-order valence-electron chi connectivity index (χ1n) is 22.4. The Kier molecular flexibility index (Phi) is 10.4. The third kappa shape index (κ3) is 7.26. The van der Waals surface area contributed by atoms with Crippen LogP contribution in [0.2, 0.25) is 0 Å². The summed E-state index contributed by atoms with van der Waals surface area (Å²) in [5.41, 5.74) is 17.3. The molecule has 0 saturated carbocycles. The van der Waals surface area contributed by atoms with Gasteiger partial charge in [0.05, 0.1) is 22.8 Å². The van der Waals surface area contributed by atoms with Gasteiger partial charge in [0.15, 0.2) is 0 Å². The van der Waals surface area contributed by atoms with Crippen molar-refractivity contribution < 1.29 is 0 Å². The summed E-state index contributed by atoms with van der Waals surface area (Å²) in [6.45, 7) is 0. The fraction of sp³-hybridized carbons (Fsp3) is 0.136. The molecule has 0 fully saturated rings. The summed E-state index contributed by atoms with van der Waals surface area (Å²) in [6, 6.07) is 62.6. The van der Waals surface area contributed by atoms with Gasteiger partial charge in [0.25, 0.3) is 0 Å². The molecule has 4 heteroatoms. The fourth-order valence-corrected chi connectivity index (χ4v) is 10.1. The Bertz CT molecular complexity index is 3110. The Balaban J connectivity index is 0.931. The number of nitrogens with one attached hydrogen (secondary N) is 1. The molecule has 1 N–H and O–H groups in total. The number of aryl methyl sites for hydroxylation is 1. The zero-order valence-corrected chi connectivity index (χ0v) is 35.6. The SMILES string of the molecule is CNC(N=C(CCc1ccccc1)C1=CC=CCC1)c1ccc(-c2ccc3c(c2)c2ccccc2n3-c2cccc(-c3cccc4c3N(c3ccccc3)C3C=CC=CC43)c2)cc1. The summed E-state index contributed by atoms with van der Waals surface area (Å²) in [6.07, 6.45) is 19.6. The molecule has 0 spiro atoms. The predicted molar refractivity (Wildman–Crippen MR) is 265 cm³/mol. The first kappa shape index (κ1) is 38.6. The van der Waals surface area contributed by atoms with E-state index in [4.69, 9.17) is 4.99 Å². The van der Waals surface area contributed by atoms with Gasteiger partial charge < -0.3 is 9.47 Å². The van der Waals surface area contributed by atoms with Crippen LogP contribution in [-0.4, -0.2) is 23.4 Å². The predicted octanol–water partition coefficient (Wildman–Crippen LogP) is 14.4.